The van der Waals surface area contributed by atoms with Crippen molar-refractivity contribution in [1.29, 1.82) is 0 Å². The summed E-state index contributed by atoms with van der Waals surface area (Å²) in [4.78, 5) is 23.0. The molecule has 1 aromatic carbocycles. The molecule has 1 aromatic rings. The van der Waals surface area contributed by atoms with Crippen molar-refractivity contribution >= 4 is 28.5 Å². The van der Waals surface area contributed by atoms with Gasteiger partial charge >= 0.3 is 6.18 Å². The zero-order valence-electron chi connectivity index (χ0n) is 12.9. The standard InChI is InChI=1S/C15H15F3N2O3S/c1-14(2)11(7-13(22)24-14)23-8-12(21)20-19-10-5-3-9(4-6-10)15(16,17)18/h3-7,19H,8H2,1-2H3,(H,20,21). The van der Waals surface area contributed by atoms with Crippen LogP contribution >= 0.6 is 11.8 Å². The molecule has 0 fully saturated rings. The van der Waals surface area contributed by atoms with Gasteiger partial charge in [-0.3, -0.25) is 20.4 Å². The molecule has 0 saturated heterocycles. The number of hydrogen-bond donors (Lipinski definition) is 2. The van der Waals surface area contributed by atoms with E-state index in [0.717, 1.165) is 23.9 Å². The Kier molecular flexibility index (Phi) is 5.12. The summed E-state index contributed by atoms with van der Waals surface area (Å²) in [6, 6.07) is 4.20. The first-order valence-corrected chi connectivity index (χ1v) is 7.70. The zero-order valence-corrected chi connectivity index (χ0v) is 13.7. The van der Waals surface area contributed by atoms with Gasteiger partial charge in [0.1, 0.15) is 5.76 Å². The molecule has 0 saturated carbocycles. The number of ether oxygens (including phenoxy) is 1. The van der Waals surface area contributed by atoms with E-state index in [-0.39, 0.29) is 11.7 Å². The molecule has 0 aromatic heterocycles. The van der Waals surface area contributed by atoms with Gasteiger partial charge in [-0.1, -0.05) is 11.8 Å². The van der Waals surface area contributed by atoms with Crippen molar-refractivity contribution in [3.63, 3.8) is 0 Å². The van der Waals surface area contributed by atoms with Crippen LogP contribution in [0.15, 0.2) is 36.1 Å². The summed E-state index contributed by atoms with van der Waals surface area (Å²) in [5.41, 5.74) is 4.31. The van der Waals surface area contributed by atoms with E-state index in [1.807, 2.05) is 0 Å². The molecule has 2 N–H and O–H groups in total. The van der Waals surface area contributed by atoms with Gasteiger partial charge in [0.25, 0.3) is 5.91 Å². The van der Waals surface area contributed by atoms with Crippen LogP contribution in [0.4, 0.5) is 18.9 Å². The van der Waals surface area contributed by atoms with Gasteiger partial charge in [0.2, 0.25) is 5.12 Å². The third-order valence-corrected chi connectivity index (χ3v) is 4.15. The first kappa shape index (κ1) is 18.2. The summed E-state index contributed by atoms with van der Waals surface area (Å²) in [6.07, 6.45) is -3.08. The molecule has 0 aliphatic carbocycles. The molecule has 0 atom stereocenters. The van der Waals surface area contributed by atoms with E-state index in [0.29, 0.717) is 11.4 Å². The van der Waals surface area contributed by atoms with Crippen molar-refractivity contribution < 1.29 is 27.5 Å². The molecule has 1 amide bonds. The number of anilines is 1. The average Bonchev–Trinajstić information content (AvgIpc) is 2.74. The van der Waals surface area contributed by atoms with E-state index in [2.05, 4.69) is 10.9 Å². The monoisotopic (exact) mass is 360 g/mol. The van der Waals surface area contributed by atoms with Crippen LogP contribution in [0.5, 0.6) is 0 Å². The Balaban J connectivity index is 1.81. The van der Waals surface area contributed by atoms with Gasteiger partial charge in [-0.2, -0.15) is 13.2 Å². The lowest BCUT2D eigenvalue weighted by molar-refractivity contribution is -0.137. The maximum absolute atomic E-state index is 12.4. The molecule has 0 spiro atoms. The largest absolute Gasteiger partial charge is 0.486 e. The molecule has 0 unspecified atom stereocenters. The molecule has 1 aliphatic rings. The Morgan fingerprint density at radius 3 is 2.38 bits per heavy atom. The van der Waals surface area contributed by atoms with Gasteiger partial charge in [0, 0.05) is 6.08 Å². The fraction of sp³-hybridized carbons (Fsp3) is 0.333. The van der Waals surface area contributed by atoms with Crippen LogP contribution in [0.25, 0.3) is 0 Å². The number of hydrazine groups is 1. The molecule has 0 radical (unpaired) electrons. The van der Waals surface area contributed by atoms with Gasteiger partial charge in [0.15, 0.2) is 6.61 Å². The first-order chi connectivity index (χ1) is 11.1. The number of rotatable bonds is 5. The number of carbonyl (C=O) groups is 2. The summed E-state index contributed by atoms with van der Waals surface area (Å²) in [5.74, 6) is -0.127. The molecular formula is C15H15F3N2O3S. The summed E-state index contributed by atoms with van der Waals surface area (Å²) in [7, 11) is 0. The van der Waals surface area contributed by atoms with Gasteiger partial charge < -0.3 is 4.74 Å². The first-order valence-electron chi connectivity index (χ1n) is 6.88. The third kappa shape index (κ3) is 4.67. The van der Waals surface area contributed by atoms with Gasteiger partial charge in [-0.05, 0) is 38.1 Å². The Bertz CT molecular complexity index is 670. The Hall–Kier alpha value is -2.16. The molecule has 1 aliphatic heterocycles. The van der Waals surface area contributed by atoms with Crippen LogP contribution in [0.2, 0.25) is 0 Å². The number of amides is 1. The van der Waals surface area contributed by atoms with Gasteiger partial charge in [-0.15, -0.1) is 0 Å². The van der Waals surface area contributed by atoms with E-state index in [4.69, 9.17) is 4.74 Å². The number of nitrogens with one attached hydrogen (secondary N) is 2. The normalized spacial score (nSPS) is 16.5. The van der Waals surface area contributed by atoms with Crippen molar-refractivity contribution in [3.05, 3.63) is 41.7 Å². The highest BCUT2D eigenvalue weighted by atomic mass is 32.2. The van der Waals surface area contributed by atoms with E-state index < -0.39 is 22.4 Å². The third-order valence-electron chi connectivity index (χ3n) is 3.12. The number of halogens is 3. The highest BCUT2D eigenvalue weighted by Crippen LogP contribution is 2.39. The highest BCUT2D eigenvalue weighted by Gasteiger charge is 2.35. The predicted octanol–water partition coefficient (Wildman–Crippen LogP) is 3.10. The topological polar surface area (TPSA) is 67.4 Å². The van der Waals surface area contributed by atoms with Gasteiger partial charge in [-0.25, -0.2) is 0 Å². The molecule has 5 nitrogen and oxygen atoms in total. The minimum absolute atomic E-state index is 0.140. The maximum Gasteiger partial charge on any atom is 0.416 e. The number of carbonyl (C=O) groups excluding carboxylic acids is 2. The lowest BCUT2D eigenvalue weighted by Crippen LogP contribution is -2.33. The molecular weight excluding hydrogens is 345 g/mol. The maximum atomic E-state index is 12.4. The average molecular weight is 360 g/mol. The van der Waals surface area contributed by atoms with Crippen LogP contribution in [0.3, 0.4) is 0 Å². The zero-order chi connectivity index (χ0) is 18.0. The Morgan fingerprint density at radius 2 is 1.88 bits per heavy atom. The van der Waals surface area contributed by atoms with E-state index in [9.17, 15) is 22.8 Å². The Morgan fingerprint density at radius 1 is 1.25 bits per heavy atom. The van der Waals surface area contributed by atoms with E-state index in [1.165, 1.54) is 18.2 Å². The van der Waals surface area contributed by atoms with Crippen LogP contribution in [-0.4, -0.2) is 22.4 Å². The highest BCUT2D eigenvalue weighted by molar-refractivity contribution is 8.15. The molecule has 24 heavy (non-hydrogen) atoms. The molecule has 1 heterocycles. The fourth-order valence-electron chi connectivity index (χ4n) is 1.89. The minimum Gasteiger partial charge on any atom is -0.486 e. The van der Waals surface area contributed by atoms with Crippen LogP contribution in [0, 0.1) is 0 Å². The van der Waals surface area contributed by atoms with Crippen molar-refractivity contribution in [2.24, 2.45) is 0 Å². The lowest BCUT2D eigenvalue weighted by atomic mass is 10.1. The van der Waals surface area contributed by atoms with Crippen LogP contribution in [-0.2, 0) is 20.5 Å². The lowest BCUT2D eigenvalue weighted by Gasteiger charge is -2.20. The second-order valence-corrected chi connectivity index (χ2v) is 7.10. The van der Waals surface area contributed by atoms with Crippen molar-refractivity contribution in [2.75, 3.05) is 12.0 Å². The molecule has 9 heteroatoms. The van der Waals surface area contributed by atoms with Crippen LogP contribution < -0.4 is 10.9 Å². The van der Waals surface area contributed by atoms with Crippen molar-refractivity contribution in [3.8, 4) is 0 Å². The quantitative estimate of drug-likeness (QED) is 0.790. The smallest absolute Gasteiger partial charge is 0.416 e. The number of alkyl halides is 3. The van der Waals surface area contributed by atoms with E-state index in [1.54, 1.807) is 13.8 Å². The summed E-state index contributed by atoms with van der Waals surface area (Å²) in [6.45, 7) is 3.27. The van der Waals surface area contributed by atoms with Crippen molar-refractivity contribution in [2.45, 2.75) is 24.8 Å². The summed E-state index contributed by atoms with van der Waals surface area (Å²) >= 11 is 1.10. The Labute approximate surface area is 140 Å². The number of thioether (sulfide) groups is 1. The van der Waals surface area contributed by atoms with Gasteiger partial charge in [0.05, 0.1) is 16.0 Å². The van der Waals surface area contributed by atoms with E-state index >= 15 is 0 Å². The molecule has 2 rings (SSSR count). The fourth-order valence-corrected chi connectivity index (χ4v) is 2.78. The molecule has 130 valence electrons. The predicted molar refractivity (Wildman–Crippen MR) is 83.9 cm³/mol. The summed E-state index contributed by atoms with van der Waals surface area (Å²) in [5, 5.41) is -0.140. The number of benzene rings is 1. The van der Waals surface area contributed by atoms with Crippen molar-refractivity contribution in [1.82, 2.24) is 5.43 Å². The minimum atomic E-state index is -4.41. The number of hydrogen-bond acceptors (Lipinski definition) is 5. The van der Waals surface area contributed by atoms with Crippen LogP contribution in [0.1, 0.15) is 19.4 Å². The SMILES string of the molecule is CC1(C)SC(=O)C=C1OCC(=O)NNc1ccc(C(F)(F)F)cc1. The summed E-state index contributed by atoms with van der Waals surface area (Å²) < 4.78 is 42.1. The second kappa shape index (κ2) is 6.76. The second-order valence-electron chi connectivity index (χ2n) is 5.48. The molecule has 0 bridgehead atoms.